The largest absolute Gasteiger partial charge is 0.507 e. The van der Waals surface area contributed by atoms with Crippen LogP contribution in [-0.2, 0) is 20.6 Å². The molecule has 30 heavy (non-hydrogen) atoms. The number of phenols is 1. The number of ether oxygens (including phenoxy) is 4. The molecule has 1 saturated heterocycles. The van der Waals surface area contributed by atoms with Crippen LogP contribution in [0.4, 0.5) is 0 Å². The van der Waals surface area contributed by atoms with E-state index in [4.69, 9.17) is 18.9 Å². The molecule has 6 atom stereocenters. The van der Waals surface area contributed by atoms with Gasteiger partial charge in [-0.1, -0.05) is 12.2 Å². The maximum atomic E-state index is 12.3. The zero-order valence-electron chi connectivity index (χ0n) is 16.9. The third-order valence-corrected chi connectivity index (χ3v) is 5.33. The number of aromatic hydroxyl groups is 1. The van der Waals surface area contributed by atoms with E-state index < -0.39 is 43.3 Å². The minimum atomic E-state index is -1.45. The van der Waals surface area contributed by atoms with Crippen LogP contribution in [-0.4, -0.2) is 76.9 Å². The van der Waals surface area contributed by atoms with Gasteiger partial charge in [0.25, 0.3) is 0 Å². The van der Waals surface area contributed by atoms with Crippen LogP contribution in [0, 0.1) is 0 Å². The number of benzene rings is 1. The van der Waals surface area contributed by atoms with Gasteiger partial charge in [-0.15, -0.1) is 0 Å². The van der Waals surface area contributed by atoms with Gasteiger partial charge in [0.15, 0.2) is 0 Å². The summed E-state index contributed by atoms with van der Waals surface area (Å²) in [7, 11) is 1.33. The van der Waals surface area contributed by atoms with Crippen molar-refractivity contribution in [2.45, 2.75) is 63.0 Å². The topological polar surface area (TPSA) is 135 Å². The van der Waals surface area contributed by atoms with Crippen molar-refractivity contribution < 1.29 is 44.2 Å². The van der Waals surface area contributed by atoms with Crippen LogP contribution < -0.4 is 4.74 Å². The Balaban J connectivity index is 1.79. The molecule has 0 saturated carbocycles. The second-order valence-electron chi connectivity index (χ2n) is 7.38. The highest BCUT2D eigenvalue weighted by Crippen LogP contribution is 2.35. The Morgan fingerprint density at radius 1 is 1.27 bits per heavy atom. The SMILES string of the molecule is C/C=C/CC[C@H]1Cc2cc(O[C@@H]3O[C@H](CO)[C@@H](OC)[C@H](O)[C@H]3O)cc(O)c2C(=O)O1. The first-order valence-corrected chi connectivity index (χ1v) is 9.89. The molecule has 0 bridgehead atoms. The first-order chi connectivity index (χ1) is 14.4. The molecule has 9 nitrogen and oxygen atoms in total. The molecule has 166 valence electrons. The third-order valence-electron chi connectivity index (χ3n) is 5.33. The van der Waals surface area contributed by atoms with Crippen LogP contribution >= 0.6 is 0 Å². The highest BCUT2D eigenvalue weighted by atomic mass is 16.7. The van der Waals surface area contributed by atoms with E-state index >= 15 is 0 Å². The Hall–Kier alpha value is -2.17. The third kappa shape index (κ3) is 4.60. The first kappa shape index (κ1) is 22.5. The van der Waals surface area contributed by atoms with E-state index in [1.807, 2.05) is 19.1 Å². The molecule has 2 aliphatic rings. The van der Waals surface area contributed by atoms with Gasteiger partial charge in [-0.2, -0.15) is 0 Å². The molecular weight excluding hydrogens is 396 g/mol. The van der Waals surface area contributed by atoms with E-state index in [0.29, 0.717) is 18.4 Å². The van der Waals surface area contributed by atoms with E-state index in [1.54, 1.807) is 6.07 Å². The summed E-state index contributed by atoms with van der Waals surface area (Å²) in [5, 5.41) is 40.4. The number of aliphatic hydroxyl groups is 3. The predicted molar refractivity (Wildman–Crippen MR) is 104 cm³/mol. The van der Waals surface area contributed by atoms with Crippen molar-refractivity contribution in [3.8, 4) is 11.5 Å². The number of allylic oxidation sites excluding steroid dienone is 2. The molecule has 0 spiro atoms. The molecule has 2 heterocycles. The zero-order chi connectivity index (χ0) is 21.8. The second kappa shape index (κ2) is 9.76. The van der Waals surface area contributed by atoms with Gasteiger partial charge in [0, 0.05) is 19.6 Å². The average molecular weight is 424 g/mol. The molecule has 4 N–H and O–H groups in total. The second-order valence-corrected chi connectivity index (χ2v) is 7.38. The minimum absolute atomic E-state index is 0.0856. The van der Waals surface area contributed by atoms with Crippen LogP contribution in [0.25, 0.3) is 0 Å². The van der Waals surface area contributed by atoms with Gasteiger partial charge in [0.2, 0.25) is 6.29 Å². The lowest BCUT2D eigenvalue weighted by atomic mass is 9.95. The quantitative estimate of drug-likeness (QED) is 0.368. The van der Waals surface area contributed by atoms with Gasteiger partial charge in [-0.3, -0.25) is 0 Å². The van der Waals surface area contributed by atoms with Gasteiger partial charge >= 0.3 is 5.97 Å². The number of esters is 1. The predicted octanol–water partition coefficient (Wildman–Crippen LogP) is 0.663. The summed E-state index contributed by atoms with van der Waals surface area (Å²) in [6.07, 6.45) is -0.526. The number of rotatable bonds is 7. The van der Waals surface area contributed by atoms with Crippen molar-refractivity contribution >= 4 is 5.97 Å². The smallest absolute Gasteiger partial charge is 0.342 e. The Bertz CT molecular complexity index is 776. The fourth-order valence-corrected chi connectivity index (χ4v) is 3.80. The van der Waals surface area contributed by atoms with Gasteiger partial charge in [-0.05, 0) is 31.4 Å². The fourth-order valence-electron chi connectivity index (χ4n) is 3.80. The van der Waals surface area contributed by atoms with E-state index in [0.717, 1.165) is 6.42 Å². The molecule has 0 unspecified atom stereocenters. The van der Waals surface area contributed by atoms with Crippen LogP contribution in [0.15, 0.2) is 24.3 Å². The molecule has 0 amide bonds. The number of cyclic esters (lactones) is 1. The Morgan fingerprint density at radius 2 is 2.03 bits per heavy atom. The summed E-state index contributed by atoms with van der Waals surface area (Å²) in [4.78, 5) is 12.3. The molecule has 1 fully saturated rings. The number of fused-ring (bicyclic) bond motifs is 1. The molecule has 9 heteroatoms. The van der Waals surface area contributed by atoms with Crippen molar-refractivity contribution in [1.82, 2.24) is 0 Å². The number of carbonyl (C=O) groups excluding carboxylic acids is 1. The normalized spacial score (nSPS) is 31.4. The van der Waals surface area contributed by atoms with Crippen molar-refractivity contribution in [3.05, 3.63) is 35.4 Å². The summed E-state index contributed by atoms with van der Waals surface area (Å²) >= 11 is 0. The number of hydrogen-bond acceptors (Lipinski definition) is 9. The Kier molecular flexibility index (Phi) is 7.32. The van der Waals surface area contributed by atoms with E-state index in [9.17, 15) is 25.2 Å². The number of carbonyl (C=O) groups is 1. The molecular formula is C21H28O9. The van der Waals surface area contributed by atoms with E-state index in [1.165, 1.54) is 13.2 Å². The summed E-state index contributed by atoms with van der Waals surface area (Å²) in [6.45, 7) is 1.47. The summed E-state index contributed by atoms with van der Waals surface area (Å²) in [6, 6.07) is 2.80. The van der Waals surface area contributed by atoms with Crippen molar-refractivity contribution in [3.63, 3.8) is 0 Å². The van der Waals surface area contributed by atoms with Gasteiger partial charge in [0.05, 0.1) is 6.61 Å². The summed E-state index contributed by atoms with van der Waals surface area (Å²) in [5.41, 5.74) is 0.647. The van der Waals surface area contributed by atoms with Crippen LogP contribution in [0.3, 0.4) is 0 Å². The molecule has 0 aromatic heterocycles. The molecule has 0 aliphatic carbocycles. The standard InChI is InChI=1S/C21H28O9/c1-3-4-5-6-12-7-11-8-13(9-14(23)16(11)20(26)28-12)29-21-18(25)17(24)19(27-2)15(10-22)30-21/h3-4,8-9,12,15,17-19,21-25H,5-7,10H2,1-2H3/b4-3+/t12-,15+,17+,18+,19+,21+/m0/s1. The minimum Gasteiger partial charge on any atom is -0.507 e. The number of hydrogen-bond donors (Lipinski definition) is 4. The highest BCUT2D eigenvalue weighted by Gasteiger charge is 2.46. The Morgan fingerprint density at radius 3 is 2.70 bits per heavy atom. The summed E-state index contributed by atoms with van der Waals surface area (Å²) < 4.78 is 21.7. The van der Waals surface area contributed by atoms with Crippen LogP contribution in [0.2, 0.25) is 0 Å². The molecule has 3 rings (SSSR count). The molecule has 2 aliphatic heterocycles. The maximum absolute atomic E-state index is 12.3. The molecule has 0 radical (unpaired) electrons. The number of methoxy groups -OCH3 is 1. The van der Waals surface area contributed by atoms with Gasteiger partial charge in [-0.25, -0.2) is 4.79 Å². The van der Waals surface area contributed by atoms with E-state index in [2.05, 4.69) is 0 Å². The number of aliphatic hydroxyl groups excluding tert-OH is 3. The van der Waals surface area contributed by atoms with E-state index in [-0.39, 0.29) is 23.2 Å². The molecule has 1 aromatic rings. The number of phenolic OH excluding ortho intramolecular Hbond substituents is 1. The van der Waals surface area contributed by atoms with Gasteiger partial charge < -0.3 is 39.4 Å². The van der Waals surface area contributed by atoms with Crippen molar-refractivity contribution in [1.29, 1.82) is 0 Å². The van der Waals surface area contributed by atoms with Crippen molar-refractivity contribution in [2.75, 3.05) is 13.7 Å². The highest BCUT2D eigenvalue weighted by molar-refractivity contribution is 5.95. The van der Waals surface area contributed by atoms with Crippen molar-refractivity contribution in [2.24, 2.45) is 0 Å². The monoisotopic (exact) mass is 424 g/mol. The lowest BCUT2D eigenvalue weighted by Crippen LogP contribution is -2.60. The molecule has 1 aromatic carbocycles. The lowest BCUT2D eigenvalue weighted by Gasteiger charge is -2.41. The zero-order valence-corrected chi connectivity index (χ0v) is 16.9. The lowest BCUT2D eigenvalue weighted by molar-refractivity contribution is -0.281. The van der Waals surface area contributed by atoms with Gasteiger partial charge in [0.1, 0.15) is 47.6 Å². The maximum Gasteiger partial charge on any atom is 0.342 e. The van der Waals surface area contributed by atoms with Crippen LogP contribution in [0.5, 0.6) is 11.5 Å². The summed E-state index contributed by atoms with van der Waals surface area (Å²) in [5.74, 6) is -0.755. The Labute approximate surface area is 174 Å². The fraction of sp³-hybridized carbons (Fsp3) is 0.571. The average Bonchev–Trinajstić information content (AvgIpc) is 2.71. The first-order valence-electron chi connectivity index (χ1n) is 9.89. The van der Waals surface area contributed by atoms with Crippen LogP contribution in [0.1, 0.15) is 35.7 Å².